The number of ketones is 1. The fraction of sp³-hybridized carbons (Fsp3) is 0.133. The monoisotopic (exact) mass is 262 g/mol. The molecule has 0 radical (unpaired) electrons. The van der Waals surface area contributed by atoms with Crippen LogP contribution in [0.2, 0.25) is 5.02 Å². The highest BCUT2D eigenvalue weighted by atomic mass is 35.5. The molecular formula is C15H15ClO2. The van der Waals surface area contributed by atoms with Gasteiger partial charge in [-0.2, -0.15) is 0 Å². The second-order valence-electron chi connectivity index (χ2n) is 3.63. The molecule has 0 aliphatic carbocycles. The summed E-state index contributed by atoms with van der Waals surface area (Å²) in [6.07, 6.45) is 5.26. The number of hydrogen-bond acceptors (Lipinski definition) is 2. The van der Waals surface area contributed by atoms with Crippen LogP contribution in [0.4, 0.5) is 0 Å². The first kappa shape index (κ1) is 14.3. The van der Waals surface area contributed by atoms with Crippen molar-refractivity contribution in [2.75, 3.05) is 7.11 Å². The standard InChI is InChI=1S/C15H15ClO2/c1-4-6-11(5-2)9-15(17)13-8-7-12(18-3)10-14(13)16/h4-8,10H,1-2,9H2,3H3/b11-6+. The summed E-state index contributed by atoms with van der Waals surface area (Å²) < 4.78 is 5.03. The van der Waals surface area contributed by atoms with Crippen LogP contribution in [0, 0.1) is 0 Å². The van der Waals surface area contributed by atoms with Crippen molar-refractivity contribution >= 4 is 17.4 Å². The van der Waals surface area contributed by atoms with Gasteiger partial charge < -0.3 is 4.74 Å². The Kier molecular flexibility index (Phi) is 5.40. The Labute approximate surface area is 112 Å². The Balaban J connectivity index is 2.94. The quantitative estimate of drug-likeness (QED) is 0.567. The molecule has 0 aromatic heterocycles. The fourth-order valence-corrected chi connectivity index (χ4v) is 1.76. The van der Waals surface area contributed by atoms with Crippen LogP contribution < -0.4 is 4.74 Å². The van der Waals surface area contributed by atoms with Crippen LogP contribution in [-0.2, 0) is 0 Å². The summed E-state index contributed by atoms with van der Waals surface area (Å²) in [6, 6.07) is 5.00. The zero-order valence-electron chi connectivity index (χ0n) is 10.3. The number of ether oxygens (including phenoxy) is 1. The fourth-order valence-electron chi connectivity index (χ4n) is 1.48. The topological polar surface area (TPSA) is 26.3 Å². The first-order valence-corrected chi connectivity index (χ1v) is 5.81. The molecule has 18 heavy (non-hydrogen) atoms. The van der Waals surface area contributed by atoms with Crippen LogP contribution in [-0.4, -0.2) is 12.9 Å². The van der Waals surface area contributed by atoms with E-state index in [0.29, 0.717) is 16.3 Å². The lowest BCUT2D eigenvalue weighted by Crippen LogP contribution is -2.01. The summed E-state index contributed by atoms with van der Waals surface area (Å²) in [6.45, 7) is 7.25. The van der Waals surface area contributed by atoms with Gasteiger partial charge in [0.2, 0.25) is 0 Å². The van der Waals surface area contributed by atoms with E-state index in [0.717, 1.165) is 5.57 Å². The summed E-state index contributed by atoms with van der Waals surface area (Å²) in [5.41, 5.74) is 1.29. The van der Waals surface area contributed by atoms with Gasteiger partial charge in [0.05, 0.1) is 12.1 Å². The van der Waals surface area contributed by atoms with Crippen molar-refractivity contribution in [2.45, 2.75) is 6.42 Å². The number of carbonyl (C=O) groups is 1. The van der Waals surface area contributed by atoms with Crippen LogP contribution in [0.5, 0.6) is 5.75 Å². The number of halogens is 1. The molecule has 1 rings (SSSR count). The Morgan fingerprint density at radius 2 is 2.17 bits per heavy atom. The molecule has 0 spiro atoms. The van der Waals surface area contributed by atoms with Crippen LogP contribution in [0.25, 0.3) is 0 Å². The van der Waals surface area contributed by atoms with Gasteiger partial charge in [0, 0.05) is 12.0 Å². The smallest absolute Gasteiger partial charge is 0.168 e. The first-order valence-electron chi connectivity index (χ1n) is 5.43. The molecule has 3 heteroatoms. The van der Waals surface area contributed by atoms with Crippen molar-refractivity contribution in [3.8, 4) is 5.75 Å². The first-order chi connectivity index (χ1) is 8.62. The summed E-state index contributed by atoms with van der Waals surface area (Å²) >= 11 is 6.04. The Hall–Kier alpha value is -1.80. The minimum atomic E-state index is -0.0596. The van der Waals surface area contributed by atoms with Gasteiger partial charge in [0.25, 0.3) is 0 Å². The predicted molar refractivity (Wildman–Crippen MR) is 75.4 cm³/mol. The van der Waals surface area contributed by atoms with Gasteiger partial charge in [-0.05, 0) is 23.8 Å². The third kappa shape index (κ3) is 3.60. The Morgan fingerprint density at radius 3 is 2.67 bits per heavy atom. The molecule has 0 atom stereocenters. The van der Waals surface area contributed by atoms with E-state index in [-0.39, 0.29) is 12.2 Å². The molecule has 1 aromatic rings. The highest BCUT2D eigenvalue weighted by Gasteiger charge is 2.12. The molecule has 0 amide bonds. The summed E-state index contributed by atoms with van der Waals surface area (Å²) in [5, 5.41) is 0.390. The number of hydrogen-bond donors (Lipinski definition) is 0. The maximum absolute atomic E-state index is 12.1. The molecule has 0 unspecified atom stereocenters. The van der Waals surface area contributed by atoms with Gasteiger partial charge in [0.1, 0.15) is 5.75 Å². The predicted octanol–water partition coefficient (Wildman–Crippen LogP) is 4.22. The zero-order valence-corrected chi connectivity index (χ0v) is 11.0. The number of benzene rings is 1. The minimum absolute atomic E-state index is 0.0596. The molecule has 0 fully saturated rings. The van der Waals surface area contributed by atoms with E-state index in [2.05, 4.69) is 13.2 Å². The van der Waals surface area contributed by atoms with Crippen molar-refractivity contribution in [2.24, 2.45) is 0 Å². The van der Waals surface area contributed by atoms with E-state index in [1.165, 1.54) is 0 Å². The molecule has 0 aliphatic rings. The number of allylic oxidation sites excluding steroid dienone is 4. The van der Waals surface area contributed by atoms with E-state index in [1.807, 2.05) is 0 Å². The lowest BCUT2D eigenvalue weighted by Gasteiger charge is -2.06. The van der Waals surface area contributed by atoms with Crippen molar-refractivity contribution < 1.29 is 9.53 Å². The van der Waals surface area contributed by atoms with E-state index < -0.39 is 0 Å². The molecule has 0 heterocycles. The number of methoxy groups -OCH3 is 1. The van der Waals surface area contributed by atoms with Crippen LogP contribution >= 0.6 is 11.6 Å². The Bertz CT molecular complexity index is 501. The number of carbonyl (C=O) groups excluding carboxylic acids is 1. The van der Waals surface area contributed by atoms with E-state index in [4.69, 9.17) is 16.3 Å². The lowest BCUT2D eigenvalue weighted by atomic mass is 10.0. The highest BCUT2D eigenvalue weighted by molar-refractivity contribution is 6.34. The van der Waals surface area contributed by atoms with Crippen molar-refractivity contribution in [3.05, 3.63) is 65.7 Å². The van der Waals surface area contributed by atoms with Gasteiger partial charge >= 0.3 is 0 Å². The van der Waals surface area contributed by atoms with Crippen LogP contribution in [0.15, 0.2) is 55.2 Å². The second-order valence-corrected chi connectivity index (χ2v) is 4.03. The van der Waals surface area contributed by atoms with Gasteiger partial charge in [-0.25, -0.2) is 0 Å². The molecule has 2 nitrogen and oxygen atoms in total. The zero-order chi connectivity index (χ0) is 13.5. The average Bonchev–Trinajstić information content (AvgIpc) is 2.37. The second kappa shape index (κ2) is 6.82. The molecule has 1 aromatic carbocycles. The number of rotatable bonds is 6. The van der Waals surface area contributed by atoms with E-state index in [9.17, 15) is 4.79 Å². The number of Topliss-reactive ketones (excluding diaryl/α,β-unsaturated/α-hetero) is 1. The van der Waals surface area contributed by atoms with Crippen LogP contribution in [0.3, 0.4) is 0 Å². The lowest BCUT2D eigenvalue weighted by molar-refractivity contribution is 0.0994. The normalized spacial score (nSPS) is 10.9. The van der Waals surface area contributed by atoms with Gasteiger partial charge in [-0.15, -0.1) is 0 Å². The van der Waals surface area contributed by atoms with Gasteiger partial charge in [-0.1, -0.05) is 43.0 Å². The van der Waals surface area contributed by atoms with E-state index >= 15 is 0 Å². The van der Waals surface area contributed by atoms with Crippen molar-refractivity contribution in [1.29, 1.82) is 0 Å². The molecule has 0 aliphatic heterocycles. The average molecular weight is 263 g/mol. The summed E-state index contributed by atoms with van der Waals surface area (Å²) in [4.78, 5) is 12.1. The third-order valence-corrected chi connectivity index (χ3v) is 2.75. The van der Waals surface area contributed by atoms with Crippen molar-refractivity contribution in [3.63, 3.8) is 0 Å². The van der Waals surface area contributed by atoms with Gasteiger partial charge in [-0.3, -0.25) is 4.79 Å². The van der Waals surface area contributed by atoms with E-state index in [1.54, 1.807) is 43.5 Å². The van der Waals surface area contributed by atoms with Crippen LogP contribution in [0.1, 0.15) is 16.8 Å². The molecule has 0 saturated carbocycles. The highest BCUT2D eigenvalue weighted by Crippen LogP contribution is 2.24. The summed E-state index contributed by atoms with van der Waals surface area (Å²) in [7, 11) is 1.55. The molecular weight excluding hydrogens is 248 g/mol. The maximum atomic E-state index is 12.1. The largest absolute Gasteiger partial charge is 0.497 e. The van der Waals surface area contributed by atoms with Crippen molar-refractivity contribution in [1.82, 2.24) is 0 Å². The molecule has 0 N–H and O–H groups in total. The minimum Gasteiger partial charge on any atom is -0.497 e. The SMILES string of the molecule is C=C/C=C(\C=C)CC(=O)c1ccc(OC)cc1Cl. The Morgan fingerprint density at radius 1 is 1.44 bits per heavy atom. The molecule has 0 saturated heterocycles. The maximum Gasteiger partial charge on any atom is 0.168 e. The summed E-state index contributed by atoms with van der Waals surface area (Å²) in [5.74, 6) is 0.567. The molecule has 0 bridgehead atoms. The third-order valence-electron chi connectivity index (χ3n) is 2.44. The van der Waals surface area contributed by atoms with Gasteiger partial charge in [0.15, 0.2) is 5.78 Å². The molecule has 94 valence electrons.